The monoisotopic (exact) mass is 487 g/mol. The van der Waals surface area contributed by atoms with Crippen LogP contribution in [-0.4, -0.2) is 34.8 Å². The van der Waals surface area contributed by atoms with Crippen molar-refractivity contribution < 1.29 is 36.2 Å². The Hall–Kier alpha value is -2.86. The highest BCUT2D eigenvalue weighted by Crippen LogP contribution is 2.60. The van der Waals surface area contributed by atoms with Crippen LogP contribution in [0.2, 0.25) is 0 Å². The number of thiazole rings is 1. The summed E-state index contributed by atoms with van der Waals surface area (Å²) in [5, 5.41) is 0.108. The second-order valence-corrected chi connectivity index (χ2v) is 8.90. The van der Waals surface area contributed by atoms with Gasteiger partial charge in [0.2, 0.25) is 5.82 Å². The molecular weight excluding hydrogens is 469 g/mol. The lowest BCUT2D eigenvalue weighted by molar-refractivity contribution is -0.275. The molecule has 1 aliphatic rings. The Morgan fingerprint density at radius 3 is 2.58 bits per heavy atom. The molecule has 3 heterocycles. The smallest absolute Gasteiger partial charge is 0.417 e. The van der Waals surface area contributed by atoms with Crippen molar-refractivity contribution in [2.24, 2.45) is 11.7 Å². The number of nitrogens with two attached hydrogens (primary N) is 1. The minimum atomic E-state index is -4.78. The molecule has 1 saturated heterocycles. The zero-order valence-corrected chi connectivity index (χ0v) is 18.4. The van der Waals surface area contributed by atoms with Crippen LogP contribution in [0.25, 0.3) is 10.2 Å². The number of rotatable bonds is 4. The van der Waals surface area contributed by atoms with E-state index >= 15 is 0 Å². The summed E-state index contributed by atoms with van der Waals surface area (Å²) in [4.78, 5) is 20.0. The van der Waals surface area contributed by atoms with Crippen LogP contribution in [0.4, 0.5) is 22.0 Å². The van der Waals surface area contributed by atoms with Gasteiger partial charge in [-0.3, -0.25) is 4.79 Å². The van der Waals surface area contributed by atoms with Gasteiger partial charge in [0.05, 0.1) is 17.3 Å². The van der Waals surface area contributed by atoms with Crippen molar-refractivity contribution in [1.82, 2.24) is 9.97 Å². The molecule has 2 N–H and O–H groups in total. The number of alkyl halides is 3. The topological polar surface area (TPSA) is 87.3 Å². The van der Waals surface area contributed by atoms with Crippen molar-refractivity contribution in [2.45, 2.75) is 37.6 Å². The molecule has 2 unspecified atom stereocenters. The molecule has 0 bridgehead atoms. The van der Waals surface area contributed by atoms with E-state index in [2.05, 4.69) is 9.97 Å². The second-order valence-electron chi connectivity index (χ2n) is 7.87. The highest BCUT2D eigenvalue weighted by atomic mass is 32.1. The van der Waals surface area contributed by atoms with Crippen LogP contribution in [0.3, 0.4) is 0 Å². The Bertz CT molecular complexity index is 1250. The number of hydrogen-bond donors (Lipinski definition) is 1. The number of hydrogen-bond acceptors (Lipinski definition) is 6. The maximum Gasteiger partial charge on any atom is 0.417 e. The second kappa shape index (κ2) is 7.87. The number of amides is 1. The fourth-order valence-electron chi connectivity index (χ4n) is 4.20. The fraction of sp³-hybridized carbons (Fsp3) is 0.381. The Morgan fingerprint density at radius 2 is 1.97 bits per heavy atom. The molecule has 4 rings (SSSR count). The van der Waals surface area contributed by atoms with E-state index in [0.717, 1.165) is 31.4 Å². The summed E-state index contributed by atoms with van der Waals surface area (Å²) in [5.41, 5.74) is 2.96. The first-order valence-electron chi connectivity index (χ1n) is 9.72. The van der Waals surface area contributed by atoms with E-state index in [-0.39, 0.29) is 21.0 Å². The lowest BCUT2D eigenvalue weighted by Gasteiger charge is -2.32. The summed E-state index contributed by atoms with van der Waals surface area (Å²) >= 11 is 0.907. The normalized spacial score (nSPS) is 25.5. The van der Waals surface area contributed by atoms with Crippen molar-refractivity contribution >= 4 is 27.5 Å². The van der Waals surface area contributed by atoms with Crippen LogP contribution in [0.1, 0.15) is 46.9 Å². The molecule has 2 aromatic heterocycles. The minimum Gasteiger partial charge on any atom is -0.493 e. The van der Waals surface area contributed by atoms with Gasteiger partial charge in [-0.05, 0) is 19.1 Å². The molecule has 0 saturated carbocycles. The van der Waals surface area contributed by atoms with E-state index in [1.54, 1.807) is 0 Å². The molecule has 0 radical (unpaired) electrons. The van der Waals surface area contributed by atoms with Gasteiger partial charge in [0.1, 0.15) is 16.8 Å². The lowest BCUT2D eigenvalue weighted by atomic mass is 9.77. The predicted octanol–water partition coefficient (Wildman–Crippen LogP) is 4.89. The minimum absolute atomic E-state index is 0.00869. The van der Waals surface area contributed by atoms with Crippen molar-refractivity contribution in [2.75, 3.05) is 7.11 Å². The molecule has 0 spiro atoms. The van der Waals surface area contributed by atoms with Crippen LogP contribution in [-0.2, 0) is 4.74 Å². The summed E-state index contributed by atoms with van der Waals surface area (Å²) in [6.45, 7) is 2.23. The molecule has 4 atom stereocenters. The molecule has 1 fully saturated rings. The number of methoxy groups -OCH3 is 1. The molecule has 1 amide bonds. The van der Waals surface area contributed by atoms with E-state index in [1.807, 2.05) is 0 Å². The first kappa shape index (κ1) is 23.3. The average Bonchev–Trinajstić information content (AvgIpc) is 3.29. The highest BCUT2D eigenvalue weighted by molar-refractivity contribution is 7.19. The van der Waals surface area contributed by atoms with E-state index in [4.69, 9.17) is 15.2 Å². The molecule has 33 heavy (non-hydrogen) atoms. The number of fused-ring (bicyclic) bond motifs is 1. The first-order chi connectivity index (χ1) is 15.4. The molecule has 0 aliphatic carbocycles. The maximum absolute atomic E-state index is 14.5. The van der Waals surface area contributed by atoms with Crippen LogP contribution in [0.15, 0.2) is 24.4 Å². The van der Waals surface area contributed by atoms with E-state index < -0.39 is 53.0 Å². The maximum atomic E-state index is 14.5. The SMILES string of the molecule is COc1c(C2C(C)[C@](C)(C(F)(F)F)O[C@H]2c2nc3ccnc(C(N)=O)c3s2)ccc(F)c1F. The number of primary amides is 1. The van der Waals surface area contributed by atoms with E-state index in [0.29, 0.717) is 5.52 Å². The zero-order valence-electron chi connectivity index (χ0n) is 17.5. The summed E-state index contributed by atoms with van der Waals surface area (Å²) < 4.78 is 81.5. The summed E-state index contributed by atoms with van der Waals surface area (Å²) in [6.07, 6.45) is -4.77. The van der Waals surface area contributed by atoms with E-state index in [9.17, 15) is 26.7 Å². The summed E-state index contributed by atoms with van der Waals surface area (Å²) in [6, 6.07) is 3.49. The third-order valence-electron chi connectivity index (χ3n) is 6.11. The third-order valence-corrected chi connectivity index (χ3v) is 7.25. The number of nitrogens with zero attached hydrogens (tertiary/aromatic N) is 2. The largest absolute Gasteiger partial charge is 0.493 e. The Labute approximate surface area is 188 Å². The van der Waals surface area contributed by atoms with Crippen LogP contribution in [0, 0.1) is 17.6 Å². The van der Waals surface area contributed by atoms with Gasteiger partial charge in [0.25, 0.3) is 5.91 Å². The van der Waals surface area contributed by atoms with Gasteiger partial charge in [-0.25, -0.2) is 14.4 Å². The molecule has 1 aromatic carbocycles. The number of pyridine rings is 1. The van der Waals surface area contributed by atoms with Gasteiger partial charge in [0.15, 0.2) is 17.2 Å². The van der Waals surface area contributed by atoms with Crippen molar-refractivity contribution in [3.05, 3.63) is 52.3 Å². The molecule has 3 aromatic rings. The average molecular weight is 487 g/mol. The van der Waals surface area contributed by atoms with Crippen LogP contribution in [0.5, 0.6) is 5.75 Å². The van der Waals surface area contributed by atoms with Gasteiger partial charge >= 0.3 is 6.18 Å². The number of ether oxygens (including phenoxy) is 2. The molecular formula is C21H18F5N3O3S. The van der Waals surface area contributed by atoms with Gasteiger partial charge in [0, 0.05) is 23.6 Å². The Morgan fingerprint density at radius 1 is 1.27 bits per heavy atom. The summed E-state index contributed by atoms with van der Waals surface area (Å²) in [5.74, 6) is -6.18. The lowest BCUT2D eigenvalue weighted by Crippen LogP contribution is -2.46. The Kier molecular flexibility index (Phi) is 5.56. The van der Waals surface area contributed by atoms with Crippen molar-refractivity contribution in [3.8, 4) is 5.75 Å². The Balaban J connectivity index is 1.94. The van der Waals surface area contributed by atoms with E-state index in [1.165, 1.54) is 25.3 Å². The quantitative estimate of drug-likeness (QED) is 0.530. The molecule has 6 nitrogen and oxygen atoms in total. The summed E-state index contributed by atoms with van der Waals surface area (Å²) in [7, 11) is 1.10. The van der Waals surface area contributed by atoms with Gasteiger partial charge in [-0.15, -0.1) is 11.3 Å². The number of carbonyl (C=O) groups is 1. The fourth-order valence-corrected chi connectivity index (χ4v) is 5.33. The number of aromatic nitrogens is 2. The number of benzene rings is 1. The molecule has 176 valence electrons. The third kappa shape index (κ3) is 3.52. The number of carbonyl (C=O) groups excluding carboxylic acids is 1. The predicted molar refractivity (Wildman–Crippen MR) is 109 cm³/mol. The standard InChI is InChI=1S/C21H18F5N3O3S/c1-8-12(9-4-5-10(22)13(23)15(9)31-3)16(32-20(8,2)21(24,25)26)19-29-11-6-7-28-14(18(27)30)17(11)33-19/h4-8,12,16H,1-3H3,(H2,27,30)/t8?,12?,16-,20-/m1/s1. The first-order valence-corrected chi connectivity index (χ1v) is 10.5. The van der Waals surface area contributed by atoms with Gasteiger partial charge < -0.3 is 15.2 Å². The molecule has 1 aliphatic heterocycles. The number of halogens is 5. The van der Waals surface area contributed by atoms with Crippen LogP contribution < -0.4 is 10.5 Å². The van der Waals surface area contributed by atoms with Crippen molar-refractivity contribution in [1.29, 1.82) is 0 Å². The van der Waals surface area contributed by atoms with Gasteiger partial charge in [-0.1, -0.05) is 13.0 Å². The van der Waals surface area contributed by atoms with Gasteiger partial charge in [-0.2, -0.15) is 17.6 Å². The highest BCUT2D eigenvalue weighted by Gasteiger charge is 2.65. The van der Waals surface area contributed by atoms with Crippen molar-refractivity contribution in [3.63, 3.8) is 0 Å². The zero-order chi connectivity index (χ0) is 24.3. The molecule has 12 heteroatoms. The van der Waals surface area contributed by atoms with Crippen LogP contribution >= 0.6 is 11.3 Å².